The molecule has 1 fully saturated rings. The molecule has 2 rings (SSSR count). The highest BCUT2D eigenvalue weighted by Gasteiger charge is 2.29. The number of amides is 1. The molecule has 0 saturated carbocycles. The van der Waals surface area contributed by atoms with E-state index >= 15 is 0 Å². The number of carbonyl (C=O) groups is 1. The van der Waals surface area contributed by atoms with Crippen molar-refractivity contribution in [3.05, 3.63) is 34.3 Å². The Kier molecular flexibility index (Phi) is 6.82. The Hall–Kier alpha value is -0.950. The van der Waals surface area contributed by atoms with Gasteiger partial charge in [-0.2, -0.15) is 0 Å². The van der Waals surface area contributed by atoms with Crippen LogP contribution in [0.25, 0.3) is 0 Å². The number of hydrazine groups is 1. The molecule has 0 radical (unpaired) electrons. The van der Waals surface area contributed by atoms with Gasteiger partial charge in [0, 0.05) is 23.7 Å². The first kappa shape index (κ1) is 17.4. The summed E-state index contributed by atoms with van der Waals surface area (Å²) in [6, 6.07) is 8.12. The largest absolute Gasteiger partial charge is 0.379 e. The summed E-state index contributed by atoms with van der Waals surface area (Å²) in [7, 11) is 0. The second kappa shape index (κ2) is 8.62. The molecule has 3 N–H and O–H groups in total. The lowest BCUT2D eigenvalue weighted by Crippen LogP contribution is -2.43. The Bertz CT molecular complexity index is 479. The number of halogens is 1. The maximum absolute atomic E-state index is 12.1. The van der Waals surface area contributed by atoms with Gasteiger partial charge >= 0.3 is 0 Å². The molecule has 6 heteroatoms. The second-order valence-electron chi connectivity index (χ2n) is 5.75. The van der Waals surface area contributed by atoms with E-state index in [-0.39, 0.29) is 24.1 Å². The average molecular weight is 370 g/mol. The van der Waals surface area contributed by atoms with Crippen molar-refractivity contribution in [3.63, 3.8) is 0 Å². The molecule has 1 amide bonds. The second-order valence-corrected chi connectivity index (χ2v) is 6.66. The molecule has 122 valence electrons. The van der Waals surface area contributed by atoms with Gasteiger partial charge in [-0.15, -0.1) is 0 Å². The molecule has 1 aromatic rings. The van der Waals surface area contributed by atoms with Crippen LogP contribution in [0.1, 0.15) is 38.3 Å². The van der Waals surface area contributed by atoms with Crippen LogP contribution in [0.15, 0.2) is 28.7 Å². The molecular weight excluding hydrogens is 346 g/mol. The third-order valence-electron chi connectivity index (χ3n) is 3.56. The van der Waals surface area contributed by atoms with Crippen LogP contribution in [0.2, 0.25) is 0 Å². The quantitative estimate of drug-likeness (QED) is 0.645. The topological polar surface area (TPSA) is 62.4 Å². The standard InChI is InChI=1S/C16H24BrN3O2/c1-11(2)22-9-3-8-18-16(21)15-10-14(19-20-15)12-4-6-13(17)7-5-12/h4-7,11,14-15,19-20H,3,8-10H2,1-2H3,(H,18,21). The van der Waals surface area contributed by atoms with Crippen molar-refractivity contribution in [2.24, 2.45) is 0 Å². The molecule has 0 aliphatic carbocycles. The van der Waals surface area contributed by atoms with E-state index in [0.717, 1.165) is 17.3 Å². The van der Waals surface area contributed by atoms with Gasteiger partial charge in [0.1, 0.15) is 6.04 Å². The maximum atomic E-state index is 12.1. The third kappa shape index (κ3) is 5.35. The summed E-state index contributed by atoms with van der Waals surface area (Å²) in [5, 5.41) is 2.95. The van der Waals surface area contributed by atoms with Crippen molar-refractivity contribution in [1.82, 2.24) is 16.2 Å². The lowest BCUT2D eigenvalue weighted by atomic mass is 10.0. The van der Waals surface area contributed by atoms with Gasteiger partial charge in [0.05, 0.1) is 6.10 Å². The summed E-state index contributed by atoms with van der Waals surface area (Å²) >= 11 is 3.43. The van der Waals surface area contributed by atoms with Crippen LogP contribution < -0.4 is 16.2 Å². The van der Waals surface area contributed by atoms with Crippen LogP contribution in [0.5, 0.6) is 0 Å². The highest BCUT2D eigenvalue weighted by Crippen LogP contribution is 2.23. The van der Waals surface area contributed by atoms with E-state index in [2.05, 4.69) is 44.2 Å². The van der Waals surface area contributed by atoms with Gasteiger partial charge in [-0.3, -0.25) is 4.79 Å². The Morgan fingerprint density at radius 3 is 2.77 bits per heavy atom. The summed E-state index contributed by atoms with van der Waals surface area (Å²) in [6.07, 6.45) is 1.82. The van der Waals surface area contributed by atoms with Crippen LogP contribution >= 0.6 is 15.9 Å². The van der Waals surface area contributed by atoms with E-state index in [4.69, 9.17) is 4.74 Å². The fraction of sp³-hybridized carbons (Fsp3) is 0.562. The molecule has 2 atom stereocenters. The van der Waals surface area contributed by atoms with Crippen molar-refractivity contribution in [2.45, 2.75) is 44.9 Å². The van der Waals surface area contributed by atoms with Crippen molar-refractivity contribution in [1.29, 1.82) is 0 Å². The summed E-state index contributed by atoms with van der Waals surface area (Å²) < 4.78 is 6.51. The van der Waals surface area contributed by atoms with E-state index in [1.165, 1.54) is 5.56 Å². The van der Waals surface area contributed by atoms with E-state index in [1.54, 1.807) is 0 Å². The fourth-order valence-corrected chi connectivity index (χ4v) is 2.63. The Balaban J connectivity index is 1.71. The van der Waals surface area contributed by atoms with Crippen LogP contribution in [-0.4, -0.2) is 31.2 Å². The van der Waals surface area contributed by atoms with Crippen LogP contribution in [0.4, 0.5) is 0 Å². The SMILES string of the molecule is CC(C)OCCCNC(=O)C1CC(c2ccc(Br)cc2)NN1. The van der Waals surface area contributed by atoms with Gasteiger partial charge in [0.15, 0.2) is 0 Å². The number of ether oxygens (including phenoxy) is 1. The average Bonchev–Trinajstić information content (AvgIpc) is 2.97. The monoisotopic (exact) mass is 369 g/mol. The minimum Gasteiger partial charge on any atom is -0.379 e. The molecule has 22 heavy (non-hydrogen) atoms. The van der Waals surface area contributed by atoms with Crippen molar-refractivity contribution >= 4 is 21.8 Å². The Morgan fingerprint density at radius 2 is 2.09 bits per heavy atom. The predicted molar refractivity (Wildman–Crippen MR) is 90.3 cm³/mol. The zero-order valence-corrected chi connectivity index (χ0v) is 14.7. The van der Waals surface area contributed by atoms with Crippen LogP contribution in [0, 0.1) is 0 Å². The molecule has 0 spiro atoms. The molecule has 1 aromatic carbocycles. The zero-order valence-electron chi connectivity index (χ0n) is 13.1. The van der Waals surface area contributed by atoms with Crippen molar-refractivity contribution in [3.8, 4) is 0 Å². The van der Waals surface area contributed by atoms with Crippen LogP contribution in [0.3, 0.4) is 0 Å². The molecule has 1 aliphatic heterocycles. The van der Waals surface area contributed by atoms with Crippen molar-refractivity contribution < 1.29 is 9.53 Å². The minimum atomic E-state index is -0.195. The molecule has 1 aliphatic rings. The van der Waals surface area contributed by atoms with Gasteiger partial charge < -0.3 is 10.1 Å². The lowest BCUT2D eigenvalue weighted by molar-refractivity contribution is -0.122. The van der Waals surface area contributed by atoms with Gasteiger partial charge in [-0.1, -0.05) is 28.1 Å². The first-order valence-electron chi connectivity index (χ1n) is 7.72. The first-order valence-corrected chi connectivity index (χ1v) is 8.51. The van der Waals surface area contributed by atoms with E-state index < -0.39 is 0 Å². The Morgan fingerprint density at radius 1 is 1.36 bits per heavy atom. The first-order chi connectivity index (χ1) is 10.6. The number of rotatable bonds is 7. The van der Waals surface area contributed by atoms with Gasteiger partial charge in [-0.25, -0.2) is 10.9 Å². The molecular formula is C16H24BrN3O2. The van der Waals surface area contributed by atoms with Gasteiger partial charge in [-0.05, 0) is 44.4 Å². The Labute approximate surface area is 140 Å². The fourth-order valence-electron chi connectivity index (χ4n) is 2.37. The lowest BCUT2D eigenvalue weighted by Gasteiger charge is -2.11. The van der Waals surface area contributed by atoms with Gasteiger partial charge in [0.25, 0.3) is 0 Å². The molecule has 2 unspecified atom stereocenters. The summed E-state index contributed by atoms with van der Waals surface area (Å²) in [5.41, 5.74) is 7.44. The molecule has 5 nitrogen and oxygen atoms in total. The number of nitrogens with one attached hydrogen (secondary N) is 3. The summed E-state index contributed by atoms with van der Waals surface area (Å²) in [6.45, 7) is 5.34. The van der Waals surface area contributed by atoms with Crippen LogP contribution in [-0.2, 0) is 9.53 Å². The zero-order chi connectivity index (χ0) is 15.9. The van der Waals surface area contributed by atoms with Gasteiger partial charge in [0.2, 0.25) is 5.91 Å². The minimum absolute atomic E-state index is 0.0386. The number of hydrogen-bond acceptors (Lipinski definition) is 4. The molecule has 1 saturated heterocycles. The highest BCUT2D eigenvalue weighted by atomic mass is 79.9. The summed E-state index contributed by atoms with van der Waals surface area (Å²) in [4.78, 5) is 12.1. The molecule has 0 bridgehead atoms. The van der Waals surface area contributed by atoms with Crippen molar-refractivity contribution in [2.75, 3.05) is 13.2 Å². The molecule has 0 aromatic heterocycles. The number of hydrogen-bond donors (Lipinski definition) is 3. The number of benzene rings is 1. The maximum Gasteiger partial charge on any atom is 0.238 e. The highest BCUT2D eigenvalue weighted by molar-refractivity contribution is 9.10. The summed E-state index contributed by atoms with van der Waals surface area (Å²) in [5.74, 6) is 0.0386. The van der Waals surface area contributed by atoms with E-state index in [0.29, 0.717) is 13.2 Å². The van der Waals surface area contributed by atoms with E-state index in [9.17, 15) is 4.79 Å². The predicted octanol–water partition coefficient (Wildman–Crippen LogP) is 2.29. The van der Waals surface area contributed by atoms with E-state index in [1.807, 2.05) is 26.0 Å². The normalized spacial score (nSPS) is 21.3. The molecule has 1 heterocycles. The third-order valence-corrected chi connectivity index (χ3v) is 4.09. The number of carbonyl (C=O) groups excluding carboxylic acids is 1. The smallest absolute Gasteiger partial charge is 0.238 e.